The molecule has 3 aromatic carbocycles. The van der Waals surface area contributed by atoms with E-state index in [9.17, 15) is 4.79 Å². The maximum absolute atomic E-state index is 11.7. The van der Waals surface area contributed by atoms with E-state index in [0.717, 1.165) is 29.8 Å². The second-order valence-electron chi connectivity index (χ2n) is 7.31. The minimum atomic E-state index is -0.315. The van der Waals surface area contributed by atoms with Crippen molar-refractivity contribution in [3.05, 3.63) is 96.2 Å². The van der Waals surface area contributed by atoms with E-state index in [-0.39, 0.29) is 5.97 Å². The van der Waals surface area contributed by atoms with Crippen molar-refractivity contribution in [3.63, 3.8) is 0 Å². The molecule has 1 aliphatic rings. The molecule has 0 saturated carbocycles. The Bertz CT molecular complexity index is 1200. The molecule has 0 atom stereocenters. The lowest BCUT2D eigenvalue weighted by Crippen LogP contribution is -2.11. The Hall–Kier alpha value is -3.59. The van der Waals surface area contributed by atoms with Crippen LogP contribution in [0.4, 0.5) is 0 Å². The zero-order valence-corrected chi connectivity index (χ0v) is 16.3. The van der Waals surface area contributed by atoms with E-state index in [1.165, 1.54) is 29.3 Å². The van der Waals surface area contributed by atoms with Crippen LogP contribution in [-0.2, 0) is 17.6 Å². The van der Waals surface area contributed by atoms with E-state index in [1.54, 1.807) is 0 Å². The first-order valence-electron chi connectivity index (χ1n) is 9.88. The lowest BCUT2D eigenvalue weighted by Gasteiger charge is -2.21. The molecule has 1 heterocycles. The molecule has 4 aromatic rings. The van der Waals surface area contributed by atoms with Crippen LogP contribution in [0.5, 0.6) is 5.75 Å². The zero-order valence-electron chi connectivity index (χ0n) is 16.3. The van der Waals surface area contributed by atoms with Gasteiger partial charge in [0.15, 0.2) is 5.75 Å². The number of hydrogen-bond acceptors (Lipinski definition) is 2. The van der Waals surface area contributed by atoms with E-state index in [4.69, 9.17) is 4.74 Å². The predicted molar refractivity (Wildman–Crippen MR) is 115 cm³/mol. The summed E-state index contributed by atoms with van der Waals surface area (Å²) in [6.45, 7) is 1.44. The summed E-state index contributed by atoms with van der Waals surface area (Å²) < 4.78 is 7.82. The predicted octanol–water partition coefficient (Wildman–Crippen LogP) is 5.84. The van der Waals surface area contributed by atoms with Crippen LogP contribution in [0.25, 0.3) is 28.1 Å². The molecular formula is C26H21NO2. The van der Waals surface area contributed by atoms with Gasteiger partial charge in [-0.25, -0.2) is 0 Å². The molecule has 0 amide bonds. The number of hydrogen-bond donors (Lipinski definition) is 0. The summed E-state index contributed by atoms with van der Waals surface area (Å²) in [4.78, 5) is 11.7. The number of aryl methyl sites for hydroxylation is 1. The number of nitrogens with zero attached hydrogens (tertiary/aromatic N) is 1. The summed E-state index contributed by atoms with van der Waals surface area (Å²) in [6, 6.07) is 29.0. The van der Waals surface area contributed by atoms with Crippen LogP contribution in [0.2, 0.25) is 0 Å². The number of ether oxygens (including phenoxy) is 1. The maximum atomic E-state index is 11.7. The summed E-state index contributed by atoms with van der Waals surface area (Å²) in [5, 5.41) is 0. The molecule has 5 rings (SSSR count). The van der Waals surface area contributed by atoms with Crippen LogP contribution in [0.1, 0.15) is 18.2 Å². The van der Waals surface area contributed by atoms with Crippen LogP contribution in [0.3, 0.4) is 0 Å². The number of aromatic nitrogens is 1. The summed E-state index contributed by atoms with van der Waals surface area (Å²) in [7, 11) is 0. The fourth-order valence-corrected chi connectivity index (χ4v) is 4.26. The SMILES string of the molecule is CC(=O)Oc1ccccc1-n1c(-c2ccccc2)cc2c1CCc1ccccc1-2. The molecule has 142 valence electrons. The molecule has 0 fully saturated rings. The highest BCUT2D eigenvalue weighted by Gasteiger charge is 2.25. The van der Waals surface area contributed by atoms with Gasteiger partial charge in [0.1, 0.15) is 0 Å². The molecule has 0 bridgehead atoms. The van der Waals surface area contributed by atoms with Crippen LogP contribution >= 0.6 is 0 Å². The lowest BCUT2D eigenvalue weighted by atomic mass is 9.90. The molecule has 0 unspecified atom stereocenters. The Balaban J connectivity index is 1.81. The van der Waals surface area contributed by atoms with Crippen LogP contribution in [-0.4, -0.2) is 10.5 Å². The first-order valence-corrected chi connectivity index (χ1v) is 9.88. The van der Waals surface area contributed by atoms with Crippen LogP contribution < -0.4 is 4.74 Å². The molecule has 0 N–H and O–H groups in total. The Morgan fingerprint density at radius 3 is 2.38 bits per heavy atom. The summed E-state index contributed by atoms with van der Waals surface area (Å²) in [6.07, 6.45) is 1.94. The molecule has 1 aliphatic carbocycles. The Morgan fingerprint density at radius 1 is 0.828 bits per heavy atom. The molecule has 29 heavy (non-hydrogen) atoms. The van der Waals surface area contributed by atoms with Gasteiger partial charge in [0.2, 0.25) is 0 Å². The van der Waals surface area contributed by atoms with Crippen molar-refractivity contribution >= 4 is 5.97 Å². The van der Waals surface area contributed by atoms with E-state index in [1.807, 2.05) is 30.3 Å². The third kappa shape index (κ3) is 3.05. The average Bonchev–Trinajstić information content (AvgIpc) is 3.14. The lowest BCUT2D eigenvalue weighted by molar-refractivity contribution is -0.131. The van der Waals surface area contributed by atoms with Crippen molar-refractivity contribution in [2.75, 3.05) is 0 Å². The zero-order chi connectivity index (χ0) is 19.8. The molecular weight excluding hydrogens is 358 g/mol. The summed E-state index contributed by atoms with van der Waals surface area (Å²) in [5.41, 5.74) is 8.30. The van der Waals surface area contributed by atoms with Crippen molar-refractivity contribution in [2.45, 2.75) is 19.8 Å². The van der Waals surface area contributed by atoms with Gasteiger partial charge >= 0.3 is 5.97 Å². The molecule has 1 aromatic heterocycles. The van der Waals surface area contributed by atoms with E-state index in [0.29, 0.717) is 5.75 Å². The number of para-hydroxylation sites is 2. The first kappa shape index (κ1) is 17.5. The Labute approximate surface area is 170 Å². The van der Waals surface area contributed by atoms with Gasteiger partial charge in [-0.3, -0.25) is 4.79 Å². The fraction of sp³-hybridized carbons (Fsp3) is 0.115. The third-order valence-corrected chi connectivity index (χ3v) is 5.47. The van der Waals surface area contributed by atoms with Gasteiger partial charge in [-0.2, -0.15) is 0 Å². The van der Waals surface area contributed by atoms with Gasteiger partial charge in [-0.1, -0.05) is 66.7 Å². The third-order valence-electron chi connectivity index (χ3n) is 5.47. The maximum Gasteiger partial charge on any atom is 0.308 e. The van der Waals surface area contributed by atoms with Gasteiger partial charge < -0.3 is 9.30 Å². The average molecular weight is 379 g/mol. The van der Waals surface area contributed by atoms with Gasteiger partial charge in [-0.05, 0) is 47.7 Å². The standard InChI is InChI=1S/C26H21NO2/c1-18(28)29-26-14-8-7-13-24(26)27-23-16-15-19-9-5-6-12-21(19)22(23)17-25(27)20-10-3-2-4-11-20/h2-14,17H,15-16H2,1H3. The molecule has 0 saturated heterocycles. The Kier molecular flexibility index (Phi) is 4.28. The van der Waals surface area contributed by atoms with Crippen molar-refractivity contribution in [1.29, 1.82) is 0 Å². The quantitative estimate of drug-likeness (QED) is 0.331. The van der Waals surface area contributed by atoms with Crippen molar-refractivity contribution in [3.8, 4) is 33.8 Å². The molecule has 0 aliphatic heterocycles. The minimum absolute atomic E-state index is 0.315. The smallest absolute Gasteiger partial charge is 0.308 e. The van der Waals surface area contributed by atoms with E-state index < -0.39 is 0 Å². The monoisotopic (exact) mass is 379 g/mol. The molecule has 3 heteroatoms. The van der Waals surface area contributed by atoms with E-state index in [2.05, 4.69) is 59.2 Å². The van der Waals surface area contributed by atoms with Gasteiger partial charge in [0.25, 0.3) is 0 Å². The highest BCUT2D eigenvalue weighted by molar-refractivity contribution is 5.81. The Morgan fingerprint density at radius 2 is 1.55 bits per heavy atom. The van der Waals surface area contributed by atoms with Gasteiger partial charge in [-0.15, -0.1) is 0 Å². The highest BCUT2D eigenvalue weighted by atomic mass is 16.5. The van der Waals surface area contributed by atoms with Gasteiger partial charge in [0.05, 0.1) is 11.4 Å². The van der Waals surface area contributed by atoms with Crippen LogP contribution in [0.15, 0.2) is 84.9 Å². The fourth-order valence-electron chi connectivity index (χ4n) is 4.26. The molecule has 3 nitrogen and oxygen atoms in total. The van der Waals surface area contributed by atoms with Crippen molar-refractivity contribution in [1.82, 2.24) is 4.57 Å². The van der Waals surface area contributed by atoms with Crippen molar-refractivity contribution in [2.24, 2.45) is 0 Å². The number of rotatable bonds is 3. The highest BCUT2D eigenvalue weighted by Crippen LogP contribution is 2.42. The molecule has 0 radical (unpaired) electrons. The largest absolute Gasteiger partial charge is 0.424 e. The van der Waals surface area contributed by atoms with Crippen molar-refractivity contribution < 1.29 is 9.53 Å². The van der Waals surface area contributed by atoms with E-state index >= 15 is 0 Å². The minimum Gasteiger partial charge on any atom is -0.424 e. The number of carbonyl (C=O) groups is 1. The topological polar surface area (TPSA) is 31.2 Å². The number of esters is 1. The number of carbonyl (C=O) groups excluding carboxylic acids is 1. The number of fused-ring (bicyclic) bond motifs is 3. The van der Waals surface area contributed by atoms with Gasteiger partial charge in [0, 0.05) is 18.2 Å². The van der Waals surface area contributed by atoms with Crippen LogP contribution in [0, 0.1) is 0 Å². The second kappa shape index (κ2) is 7.10. The first-order chi connectivity index (χ1) is 14.2. The summed E-state index contributed by atoms with van der Waals surface area (Å²) >= 11 is 0. The molecule has 0 spiro atoms. The summed E-state index contributed by atoms with van der Waals surface area (Å²) in [5.74, 6) is 0.263. The second-order valence-corrected chi connectivity index (χ2v) is 7.31. The normalized spacial score (nSPS) is 12.2. The number of benzene rings is 3.